The molecule has 0 aliphatic heterocycles. The normalized spacial score (nSPS) is 12.1. The summed E-state index contributed by atoms with van der Waals surface area (Å²) in [5, 5.41) is 9.92. The predicted molar refractivity (Wildman–Crippen MR) is 73.9 cm³/mol. The van der Waals surface area contributed by atoms with Crippen molar-refractivity contribution in [2.45, 2.75) is 38.3 Å². The van der Waals surface area contributed by atoms with E-state index in [9.17, 15) is 8.42 Å². The molecule has 0 aliphatic carbocycles. The minimum Gasteiger partial charge on any atom is -0.309 e. The molecule has 0 aliphatic rings. The number of sulfonamides is 1. The van der Waals surface area contributed by atoms with Crippen LogP contribution in [0.1, 0.15) is 25.2 Å². The zero-order chi connectivity index (χ0) is 14.6. The van der Waals surface area contributed by atoms with E-state index in [2.05, 4.69) is 21.4 Å². The molecule has 0 aromatic carbocycles. The number of rotatable bonds is 6. The van der Waals surface area contributed by atoms with E-state index >= 15 is 0 Å². The molecule has 2 N–H and O–H groups in total. The zero-order valence-corrected chi connectivity index (χ0v) is 12.5. The number of hydrogen-bond acceptors (Lipinski definition) is 4. The van der Waals surface area contributed by atoms with Crippen molar-refractivity contribution in [3.05, 3.63) is 11.4 Å². The van der Waals surface area contributed by atoms with Gasteiger partial charge < -0.3 is 5.32 Å². The lowest BCUT2D eigenvalue weighted by molar-refractivity contribution is 0.499. The summed E-state index contributed by atoms with van der Waals surface area (Å²) in [6.45, 7) is 6.07. The minimum atomic E-state index is -3.61. The van der Waals surface area contributed by atoms with Crippen molar-refractivity contribution in [3.8, 4) is 12.3 Å². The van der Waals surface area contributed by atoms with E-state index in [-0.39, 0.29) is 17.5 Å². The summed E-state index contributed by atoms with van der Waals surface area (Å²) in [7, 11) is -2.15. The maximum absolute atomic E-state index is 12.4. The molecule has 1 aromatic heterocycles. The number of terminal acetylenes is 1. The highest BCUT2D eigenvalue weighted by molar-refractivity contribution is 7.89. The number of aromatic nitrogens is 2. The number of hydrogen-bond donors (Lipinski definition) is 2. The summed E-state index contributed by atoms with van der Waals surface area (Å²) < 4.78 is 26.0. The molecule has 0 fully saturated rings. The molecule has 0 bridgehead atoms. The van der Waals surface area contributed by atoms with E-state index in [4.69, 9.17) is 6.42 Å². The van der Waals surface area contributed by atoms with Crippen molar-refractivity contribution < 1.29 is 8.42 Å². The van der Waals surface area contributed by atoms with Crippen LogP contribution in [-0.4, -0.2) is 42.6 Å². The number of nitrogens with zero attached hydrogens (tertiary/aromatic N) is 2. The Bertz CT molecular complexity index is 569. The number of nitrogens with one attached hydrogen (secondary N) is 2. The first kappa shape index (κ1) is 15.7. The van der Waals surface area contributed by atoms with Crippen LogP contribution in [0.3, 0.4) is 0 Å². The Labute approximate surface area is 114 Å². The maximum atomic E-state index is 12.4. The summed E-state index contributed by atoms with van der Waals surface area (Å²) in [6, 6.07) is 0.246. The molecular weight excluding hydrogens is 264 g/mol. The Morgan fingerprint density at radius 3 is 2.68 bits per heavy atom. The van der Waals surface area contributed by atoms with Gasteiger partial charge in [0.25, 0.3) is 0 Å². The van der Waals surface area contributed by atoms with Crippen LogP contribution >= 0.6 is 0 Å². The highest BCUT2D eigenvalue weighted by atomic mass is 32.2. The van der Waals surface area contributed by atoms with Crippen LogP contribution in [0.5, 0.6) is 0 Å². The van der Waals surface area contributed by atoms with Crippen molar-refractivity contribution in [1.82, 2.24) is 19.8 Å². The van der Waals surface area contributed by atoms with Crippen molar-refractivity contribution >= 4 is 10.0 Å². The molecule has 0 radical (unpaired) electrons. The van der Waals surface area contributed by atoms with Gasteiger partial charge in [0.1, 0.15) is 4.90 Å². The van der Waals surface area contributed by atoms with Gasteiger partial charge in [-0.2, -0.15) is 9.40 Å². The molecule has 0 atom stereocenters. The van der Waals surface area contributed by atoms with Crippen molar-refractivity contribution in [1.29, 1.82) is 0 Å². The maximum Gasteiger partial charge on any atom is 0.247 e. The molecule has 0 saturated heterocycles. The summed E-state index contributed by atoms with van der Waals surface area (Å²) in [5.41, 5.74) is 1.000. The van der Waals surface area contributed by atoms with E-state index < -0.39 is 10.0 Å². The number of aryl methyl sites for hydroxylation is 1. The Morgan fingerprint density at radius 1 is 1.53 bits per heavy atom. The first-order valence-corrected chi connectivity index (χ1v) is 7.41. The number of H-pyrrole nitrogens is 1. The monoisotopic (exact) mass is 284 g/mol. The smallest absolute Gasteiger partial charge is 0.247 e. The lowest BCUT2D eigenvalue weighted by Gasteiger charge is -2.15. The van der Waals surface area contributed by atoms with Crippen LogP contribution in [0.15, 0.2) is 4.90 Å². The Kier molecular flexibility index (Phi) is 5.11. The second-order valence-corrected chi connectivity index (χ2v) is 6.61. The lowest BCUT2D eigenvalue weighted by atomic mass is 10.3. The molecule has 1 rings (SSSR count). The Hall–Kier alpha value is -1.36. The molecule has 7 heteroatoms. The van der Waals surface area contributed by atoms with Gasteiger partial charge in [0.2, 0.25) is 10.0 Å². The first-order valence-electron chi connectivity index (χ1n) is 5.97. The Morgan fingerprint density at radius 2 is 2.16 bits per heavy atom. The van der Waals surface area contributed by atoms with E-state index in [1.807, 2.05) is 13.8 Å². The highest BCUT2D eigenvalue weighted by Crippen LogP contribution is 2.21. The molecule has 19 heavy (non-hydrogen) atoms. The molecule has 0 unspecified atom stereocenters. The van der Waals surface area contributed by atoms with Crippen LogP contribution in [0, 0.1) is 19.3 Å². The van der Waals surface area contributed by atoms with Crippen LogP contribution in [0.2, 0.25) is 0 Å². The third-order valence-electron chi connectivity index (χ3n) is 2.62. The molecule has 0 saturated carbocycles. The third kappa shape index (κ3) is 3.56. The Balaban J connectivity index is 3.12. The fourth-order valence-corrected chi connectivity index (χ4v) is 3.01. The van der Waals surface area contributed by atoms with Gasteiger partial charge in [-0.3, -0.25) is 5.10 Å². The third-order valence-corrected chi connectivity index (χ3v) is 4.63. The van der Waals surface area contributed by atoms with E-state index in [1.165, 1.54) is 7.05 Å². The molecule has 1 aromatic rings. The fourth-order valence-electron chi connectivity index (χ4n) is 1.60. The van der Waals surface area contributed by atoms with Gasteiger partial charge in [0.05, 0.1) is 17.9 Å². The first-order chi connectivity index (χ1) is 8.80. The molecule has 1 heterocycles. The van der Waals surface area contributed by atoms with Crippen LogP contribution in [0.4, 0.5) is 0 Å². The SMILES string of the molecule is C#CCN(C)S(=O)(=O)c1c(CNC(C)C)n[nH]c1C. The van der Waals surface area contributed by atoms with E-state index in [0.29, 0.717) is 17.9 Å². The van der Waals surface area contributed by atoms with Gasteiger partial charge >= 0.3 is 0 Å². The van der Waals surface area contributed by atoms with Crippen molar-refractivity contribution in [3.63, 3.8) is 0 Å². The average Bonchev–Trinajstić information content (AvgIpc) is 2.68. The second kappa shape index (κ2) is 6.19. The summed E-state index contributed by atoms with van der Waals surface area (Å²) in [4.78, 5) is 0.207. The van der Waals surface area contributed by atoms with Gasteiger partial charge in [-0.15, -0.1) is 6.42 Å². The largest absolute Gasteiger partial charge is 0.309 e. The zero-order valence-electron chi connectivity index (χ0n) is 11.7. The minimum absolute atomic E-state index is 0.0317. The van der Waals surface area contributed by atoms with Crippen molar-refractivity contribution in [2.24, 2.45) is 0 Å². The van der Waals surface area contributed by atoms with Crippen LogP contribution in [-0.2, 0) is 16.6 Å². The molecule has 0 amide bonds. The lowest BCUT2D eigenvalue weighted by Crippen LogP contribution is -2.29. The van der Waals surface area contributed by atoms with E-state index in [1.54, 1.807) is 6.92 Å². The van der Waals surface area contributed by atoms with Gasteiger partial charge in [-0.1, -0.05) is 19.8 Å². The van der Waals surface area contributed by atoms with Gasteiger partial charge in [0.15, 0.2) is 0 Å². The van der Waals surface area contributed by atoms with Gasteiger partial charge in [0, 0.05) is 19.6 Å². The van der Waals surface area contributed by atoms with E-state index in [0.717, 1.165) is 4.31 Å². The van der Waals surface area contributed by atoms with Gasteiger partial charge in [-0.05, 0) is 6.92 Å². The standard InChI is InChI=1S/C12H20N4O2S/c1-6-7-16(5)19(17,18)12-10(4)14-15-11(12)8-13-9(2)3/h1,9,13H,7-8H2,2-5H3,(H,14,15). The average molecular weight is 284 g/mol. The predicted octanol–water partition coefficient (Wildman–Crippen LogP) is 0.470. The van der Waals surface area contributed by atoms with Crippen LogP contribution < -0.4 is 5.32 Å². The quantitative estimate of drug-likeness (QED) is 0.744. The fraction of sp³-hybridized carbons (Fsp3) is 0.583. The summed E-state index contributed by atoms with van der Waals surface area (Å²) in [6.07, 6.45) is 5.16. The topological polar surface area (TPSA) is 78.1 Å². The van der Waals surface area contributed by atoms with Crippen LogP contribution in [0.25, 0.3) is 0 Å². The summed E-state index contributed by atoms with van der Waals surface area (Å²) in [5.74, 6) is 2.33. The van der Waals surface area contributed by atoms with Gasteiger partial charge in [-0.25, -0.2) is 8.42 Å². The molecule has 0 spiro atoms. The summed E-state index contributed by atoms with van der Waals surface area (Å²) >= 11 is 0. The number of aromatic amines is 1. The van der Waals surface area contributed by atoms with Crippen molar-refractivity contribution in [2.75, 3.05) is 13.6 Å². The molecular formula is C12H20N4O2S. The highest BCUT2D eigenvalue weighted by Gasteiger charge is 2.27. The molecule has 106 valence electrons. The molecule has 6 nitrogen and oxygen atoms in total. The second-order valence-electron chi connectivity index (χ2n) is 4.63.